The van der Waals surface area contributed by atoms with Crippen molar-refractivity contribution in [2.45, 2.75) is 87.8 Å². The standard InChI is InChI=1S/C22H32FN3O7/c1-4-13-17(28)16(24-3)19-20(18(13)29)32-21-22(30,33-19)14(7-10(2)31-21)26-15(27)8-12-6-5-11(23)9-25-12/h5-6,9-10,13-14,16-21,24,28-30H,4,7-8H2,1-3H3,(H,26,27)/t10-,13-,14-,16+,17+,18+,19?,20?,21?,22+/m1/s1. The van der Waals surface area contributed by atoms with Gasteiger partial charge in [0.25, 0.3) is 0 Å². The van der Waals surface area contributed by atoms with Crippen LogP contribution in [0.3, 0.4) is 0 Å². The molecule has 1 aromatic heterocycles. The molecule has 0 spiro atoms. The van der Waals surface area contributed by atoms with Crippen molar-refractivity contribution in [3.8, 4) is 0 Å². The average molecular weight is 470 g/mol. The van der Waals surface area contributed by atoms with Crippen LogP contribution in [0.4, 0.5) is 4.39 Å². The Hall–Kier alpha value is -1.73. The van der Waals surface area contributed by atoms with E-state index in [9.17, 15) is 24.5 Å². The zero-order valence-electron chi connectivity index (χ0n) is 18.8. The lowest BCUT2D eigenvalue weighted by Crippen LogP contribution is -2.77. The molecule has 0 radical (unpaired) electrons. The number of carbonyl (C=O) groups is 1. The summed E-state index contributed by atoms with van der Waals surface area (Å²) in [5.41, 5.74) is 0.373. The first-order valence-electron chi connectivity index (χ1n) is 11.3. The van der Waals surface area contributed by atoms with Crippen molar-refractivity contribution in [2.75, 3.05) is 7.05 Å². The van der Waals surface area contributed by atoms with E-state index in [0.717, 1.165) is 6.20 Å². The van der Waals surface area contributed by atoms with Gasteiger partial charge >= 0.3 is 0 Å². The van der Waals surface area contributed by atoms with Crippen molar-refractivity contribution in [1.29, 1.82) is 0 Å². The second kappa shape index (κ2) is 9.49. The van der Waals surface area contributed by atoms with Crippen LogP contribution in [0.2, 0.25) is 0 Å². The third-order valence-electron chi connectivity index (χ3n) is 6.90. The first-order valence-corrected chi connectivity index (χ1v) is 11.3. The fourth-order valence-corrected chi connectivity index (χ4v) is 5.16. The SMILES string of the molecule is CC[C@@H]1[C@H](O)[C@H](NC)C2O[C@]3(O)C(OC2[C@H]1O)O[C@H](C)C[C@H]3NC(=O)Cc1ccc(F)cn1. The summed E-state index contributed by atoms with van der Waals surface area (Å²) in [5.74, 6) is -3.44. The van der Waals surface area contributed by atoms with Crippen LogP contribution in [-0.2, 0) is 25.4 Å². The Morgan fingerprint density at radius 2 is 2.03 bits per heavy atom. The molecule has 2 saturated heterocycles. The van der Waals surface area contributed by atoms with E-state index in [0.29, 0.717) is 12.1 Å². The lowest BCUT2D eigenvalue weighted by molar-refractivity contribution is -0.450. The number of aromatic nitrogens is 1. The number of nitrogens with zero attached hydrogens (tertiary/aromatic N) is 1. The molecule has 184 valence electrons. The largest absolute Gasteiger partial charge is 0.391 e. The number of ether oxygens (including phenoxy) is 3. The zero-order chi connectivity index (χ0) is 23.9. The lowest BCUT2D eigenvalue weighted by atomic mass is 9.74. The van der Waals surface area contributed by atoms with Crippen molar-refractivity contribution < 1.29 is 38.7 Å². The Morgan fingerprint density at radius 3 is 2.67 bits per heavy atom. The van der Waals surface area contributed by atoms with E-state index in [1.165, 1.54) is 12.1 Å². The van der Waals surface area contributed by atoms with Crippen LogP contribution in [0.15, 0.2) is 18.3 Å². The van der Waals surface area contributed by atoms with Crippen LogP contribution in [0, 0.1) is 11.7 Å². The van der Waals surface area contributed by atoms with Gasteiger partial charge in [0.15, 0.2) is 0 Å². The Kier molecular flexibility index (Phi) is 7.02. The third-order valence-corrected chi connectivity index (χ3v) is 6.90. The van der Waals surface area contributed by atoms with Gasteiger partial charge in [-0.15, -0.1) is 0 Å². The molecule has 3 unspecified atom stereocenters. The van der Waals surface area contributed by atoms with Crippen LogP contribution in [0.5, 0.6) is 0 Å². The van der Waals surface area contributed by atoms with Gasteiger partial charge in [-0.25, -0.2) is 4.39 Å². The van der Waals surface area contributed by atoms with Gasteiger partial charge in [0, 0.05) is 11.6 Å². The summed E-state index contributed by atoms with van der Waals surface area (Å²) in [4.78, 5) is 16.6. The molecule has 10 nitrogen and oxygen atoms in total. The number of pyridine rings is 1. The molecule has 1 aliphatic carbocycles. The van der Waals surface area contributed by atoms with E-state index in [1.807, 2.05) is 6.92 Å². The molecule has 3 heterocycles. The number of nitrogens with one attached hydrogen (secondary N) is 2. The number of likely N-dealkylation sites (N-methyl/N-ethyl adjacent to an activating group) is 1. The van der Waals surface area contributed by atoms with Gasteiger partial charge in [0.1, 0.15) is 18.0 Å². The molecule has 0 bridgehead atoms. The Labute approximate surface area is 191 Å². The summed E-state index contributed by atoms with van der Waals surface area (Å²) in [6.45, 7) is 3.65. The number of fused-ring (bicyclic) bond motifs is 2. The van der Waals surface area contributed by atoms with Crippen LogP contribution >= 0.6 is 0 Å². The molecule has 4 rings (SSSR count). The van der Waals surface area contributed by atoms with Gasteiger partial charge in [-0.05, 0) is 38.9 Å². The first kappa shape index (κ1) is 24.4. The molecule has 2 aliphatic heterocycles. The van der Waals surface area contributed by atoms with E-state index in [1.54, 1.807) is 14.0 Å². The highest BCUT2D eigenvalue weighted by Crippen LogP contribution is 2.43. The number of aliphatic hydroxyl groups is 3. The number of aliphatic hydroxyl groups excluding tert-OH is 2. The van der Waals surface area contributed by atoms with Gasteiger partial charge in [-0.2, -0.15) is 0 Å². The van der Waals surface area contributed by atoms with Gasteiger partial charge in [-0.1, -0.05) is 6.92 Å². The zero-order valence-corrected chi connectivity index (χ0v) is 18.8. The minimum absolute atomic E-state index is 0.117. The van der Waals surface area contributed by atoms with Crippen LogP contribution < -0.4 is 10.6 Å². The van der Waals surface area contributed by atoms with Crippen LogP contribution in [0.1, 0.15) is 32.4 Å². The summed E-state index contributed by atoms with van der Waals surface area (Å²) in [6, 6.07) is 1.12. The fourth-order valence-electron chi connectivity index (χ4n) is 5.16. The van der Waals surface area contributed by atoms with Crippen molar-refractivity contribution in [3.05, 3.63) is 29.8 Å². The quantitative estimate of drug-likeness (QED) is 0.375. The molecule has 1 aromatic rings. The number of amides is 1. The second-order valence-electron chi connectivity index (χ2n) is 9.08. The van der Waals surface area contributed by atoms with E-state index in [-0.39, 0.29) is 18.9 Å². The van der Waals surface area contributed by atoms with Crippen molar-refractivity contribution >= 4 is 5.91 Å². The highest BCUT2D eigenvalue weighted by atomic mass is 19.1. The molecule has 11 heteroatoms. The predicted molar refractivity (Wildman–Crippen MR) is 112 cm³/mol. The lowest BCUT2D eigenvalue weighted by Gasteiger charge is -2.58. The van der Waals surface area contributed by atoms with Crippen molar-refractivity contribution in [1.82, 2.24) is 15.6 Å². The molecule has 1 saturated carbocycles. The number of halogens is 1. The number of hydrogen-bond acceptors (Lipinski definition) is 9. The monoisotopic (exact) mass is 469 g/mol. The first-order chi connectivity index (χ1) is 15.7. The van der Waals surface area contributed by atoms with Gasteiger partial charge in [0.2, 0.25) is 18.0 Å². The normalized spacial score (nSPS) is 42.8. The molecule has 10 atom stereocenters. The maximum absolute atomic E-state index is 13.1. The van der Waals surface area contributed by atoms with Crippen molar-refractivity contribution in [2.24, 2.45) is 5.92 Å². The molecule has 1 amide bonds. The summed E-state index contributed by atoms with van der Waals surface area (Å²) >= 11 is 0. The highest BCUT2D eigenvalue weighted by molar-refractivity contribution is 5.78. The Bertz CT molecular complexity index is 846. The summed E-state index contributed by atoms with van der Waals surface area (Å²) in [6.07, 6.45) is -3.64. The molecular formula is C22H32FN3O7. The molecule has 3 aliphatic rings. The smallest absolute Gasteiger partial charge is 0.239 e. The molecule has 5 N–H and O–H groups in total. The summed E-state index contributed by atoms with van der Waals surface area (Å²) in [7, 11) is 1.66. The van der Waals surface area contributed by atoms with E-state index < -0.39 is 66.2 Å². The molecule has 3 fully saturated rings. The number of hydrogen-bond donors (Lipinski definition) is 5. The van der Waals surface area contributed by atoms with Crippen LogP contribution in [0.25, 0.3) is 0 Å². The molecule has 0 aromatic carbocycles. The third kappa shape index (κ3) is 4.51. The molecular weight excluding hydrogens is 437 g/mol. The minimum atomic E-state index is -2.05. The minimum Gasteiger partial charge on any atom is -0.391 e. The second-order valence-corrected chi connectivity index (χ2v) is 9.08. The van der Waals surface area contributed by atoms with E-state index in [4.69, 9.17) is 14.2 Å². The van der Waals surface area contributed by atoms with Gasteiger partial charge < -0.3 is 40.2 Å². The van der Waals surface area contributed by atoms with Crippen molar-refractivity contribution in [3.63, 3.8) is 0 Å². The average Bonchev–Trinajstić information content (AvgIpc) is 2.76. The summed E-state index contributed by atoms with van der Waals surface area (Å²) in [5, 5.41) is 38.9. The Morgan fingerprint density at radius 1 is 1.27 bits per heavy atom. The van der Waals surface area contributed by atoms with E-state index >= 15 is 0 Å². The topological polar surface area (TPSA) is 142 Å². The maximum Gasteiger partial charge on any atom is 0.239 e. The number of rotatable bonds is 5. The summed E-state index contributed by atoms with van der Waals surface area (Å²) < 4.78 is 31.0. The fraction of sp³-hybridized carbons (Fsp3) is 0.727. The predicted octanol–water partition coefficient (Wildman–Crippen LogP) is -0.795. The number of carbonyl (C=O) groups excluding carboxylic acids is 1. The van der Waals surface area contributed by atoms with Gasteiger partial charge in [0.05, 0.1) is 43.0 Å². The molecule has 33 heavy (non-hydrogen) atoms. The highest BCUT2D eigenvalue weighted by Gasteiger charge is 2.63. The van der Waals surface area contributed by atoms with Crippen LogP contribution in [-0.4, -0.2) is 87.9 Å². The Balaban J connectivity index is 1.55. The van der Waals surface area contributed by atoms with Gasteiger partial charge in [-0.3, -0.25) is 9.78 Å². The van der Waals surface area contributed by atoms with E-state index in [2.05, 4.69) is 15.6 Å². The maximum atomic E-state index is 13.1.